The van der Waals surface area contributed by atoms with Crippen LogP contribution in [0.2, 0.25) is 0 Å². The Hall–Kier alpha value is -2.60. The van der Waals surface area contributed by atoms with Gasteiger partial charge >= 0.3 is 23.9 Å². The molecule has 9 rings (SSSR count). The van der Waals surface area contributed by atoms with E-state index in [1.165, 1.54) is 0 Å². The Kier molecular flexibility index (Phi) is 12.0. The van der Waals surface area contributed by atoms with Crippen LogP contribution in [0.3, 0.4) is 0 Å². The van der Waals surface area contributed by atoms with Crippen LogP contribution < -0.4 is 42.5 Å². The van der Waals surface area contributed by atoms with E-state index in [1.807, 2.05) is 0 Å². The van der Waals surface area contributed by atoms with Crippen molar-refractivity contribution in [1.29, 1.82) is 0 Å². The maximum absolute atomic E-state index is 12.0. The molecule has 0 radical (unpaired) electrons. The fourth-order valence-corrected chi connectivity index (χ4v) is 14.1. The highest BCUT2D eigenvalue weighted by molar-refractivity contribution is 5.73. The summed E-state index contributed by atoms with van der Waals surface area (Å²) in [6.45, 7) is 0. The second-order valence-corrected chi connectivity index (χ2v) is 19.9. The fourth-order valence-electron chi connectivity index (χ4n) is 14.1. The number of carboxylic acids is 4. The molecule has 5 saturated heterocycles. The van der Waals surface area contributed by atoms with Crippen molar-refractivity contribution in [3.05, 3.63) is 0 Å². The van der Waals surface area contributed by atoms with Crippen molar-refractivity contribution in [2.24, 2.45) is 71.0 Å². The van der Waals surface area contributed by atoms with E-state index in [0.717, 1.165) is 0 Å². The molecule has 0 aromatic heterocycles. The number of carboxylic acid groups (broad SMARTS) is 4. The number of carbonyl (C=O) groups is 4. The molecule has 9 aliphatic rings. The van der Waals surface area contributed by atoms with Gasteiger partial charge in [-0.2, -0.15) is 0 Å². The largest absolute Gasteiger partial charge is 0.479 e. The van der Waals surface area contributed by atoms with Gasteiger partial charge in [0, 0.05) is 0 Å². The topological polar surface area (TPSA) is 326 Å². The van der Waals surface area contributed by atoms with Gasteiger partial charge in [0.1, 0.15) is 0 Å². The van der Waals surface area contributed by atoms with Gasteiger partial charge in [0.05, 0.1) is 49.3 Å². The van der Waals surface area contributed by atoms with E-state index >= 15 is 0 Å². The highest BCUT2D eigenvalue weighted by Gasteiger charge is 2.57. The molecule has 16 N–H and O–H groups in total. The number of aliphatic carboxylic acids is 4. The molecule has 336 valence electrons. The van der Waals surface area contributed by atoms with Crippen LogP contribution in [-0.2, 0) is 19.2 Å². The quantitative estimate of drug-likeness (QED) is 0.118. The average molecular weight is 849 g/mol. The van der Waals surface area contributed by atoms with E-state index in [-0.39, 0.29) is 96.7 Å². The van der Waals surface area contributed by atoms with Crippen molar-refractivity contribution >= 4 is 23.9 Å². The van der Waals surface area contributed by atoms with Gasteiger partial charge in [-0.05, 0) is 148 Å². The summed E-state index contributed by atoms with van der Waals surface area (Å²) < 4.78 is 0. The first-order chi connectivity index (χ1) is 28.7. The van der Waals surface area contributed by atoms with Crippen molar-refractivity contribution in [2.75, 3.05) is 0 Å². The van der Waals surface area contributed by atoms with Gasteiger partial charge in [-0.25, -0.2) is 19.2 Å². The number of hydrogen-bond donors (Lipinski definition) is 16. The van der Waals surface area contributed by atoms with Crippen molar-refractivity contribution in [3.63, 3.8) is 0 Å². The number of aliphatic hydroxyl groups excluding tert-OH is 4. The van der Waals surface area contributed by atoms with E-state index < -0.39 is 72.0 Å². The molecular formula is C40H64N8O12. The smallest absolute Gasteiger partial charge is 0.332 e. The second kappa shape index (κ2) is 16.8. The van der Waals surface area contributed by atoms with Gasteiger partial charge in [-0.3, -0.25) is 42.5 Å². The predicted octanol–water partition coefficient (Wildman–Crippen LogP) is -2.71. The van der Waals surface area contributed by atoms with Gasteiger partial charge in [0.15, 0.2) is 24.4 Å². The summed E-state index contributed by atoms with van der Waals surface area (Å²) in [7, 11) is 0. The zero-order chi connectivity index (χ0) is 42.3. The van der Waals surface area contributed by atoms with Crippen LogP contribution in [0.25, 0.3) is 0 Å². The van der Waals surface area contributed by atoms with E-state index in [9.17, 15) is 60.0 Å². The van der Waals surface area contributed by atoms with Gasteiger partial charge in [0.2, 0.25) is 0 Å². The molecule has 4 saturated carbocycles. The summed E-state index contributed by atoms with van der Waals surface area (Å²) in [6.07, 6.45) is -1.43. The molecule has 0 amide bonds. The minimum Gasteiger partial charge on any atom is -0.479 e. The Morgan fingerprint density at radius 1 is 0.300 bits per heavy atom. The summed E-state index contributed by atoms with van der Waals surface area (Å²) in [6, 6.07) is 0. The van der Waals surface area contributed by atoms with Crippen LogP contribution in [0.4, 0.5) is 0 Å². The summed E-state index contributed by atoms with van der Waals surface area (Å²) in [4.78, 5) is 47.9. The van der Waals surface area contributed by atoms with Crippen LogP contribution in [0.5, 0.6) is 0 Å². The third-order valence-electron chi connectivity index (χ3n) is 17.1. The lowest BCUT2D eigenvalue weighted by molar-refractivity contribution is -0.152. The first kappa shape index (κ1) is 42.7. The zero-order valence-electron chi connectivity index (χ0n) is 33.6. The second-order valence-electron chi connectivity index (χ2n) is 19.9. The third-order valence-corrected chi connectivity index (χ3v) is 17.1. The average Bonchev–Trinajstić information content (AvgIpc) is 3.96. The molecule has 5 heterocycles. The van der Waals surface area contributed by atoms with E-state index in [4.69, 9.17) is 0 Å². The fraction of sp³-hybridized carbons (Fsp3) is 0.900. The molecule has 8 bridgehead atoms. The number of aliphatic hydroxyl groups is 4. The Bertz CT molecular complexity index is 1420. The molecule has 0 aromatic rings. The molecule has 16 unspecified atom stereocenters. The zero-order valence-corrected chi connectivity index (χ0v) is 33.6. The molecule has 4 aliphatic carbocycles. The van der Waals surface area contributed by atoms with E-state index in [1.54, 1.807) is 0 Å². The lowest BCUT2D eigenvalue weighted by atomic mass is 9.70. The summed E-state index contributed by atoms with van der Waals surface area (Å²) >= 11 is 0. The Morgan fingerprint density at radius 3 is 0.633 bits per heavy atom. The van der Waals surface area contributed by atoms with Crippen LogP contribution >= 0.6 is 0 Å². The van der Waals surface area contributed by atoms with Crippen LogP contribution in [0, 0.1) is 71.0 Å². The van der Waals surface area contributed by atoms with Crippen LogP contribution in [0.15, 0.2) is 0 Å². The number of fused-ring (bicyclic) bond motifs is 20. The maximum atomic E-state index is 12.0. The van der Waals surface area contributed by atoms with Crippen LogP contribution in [0.1, 0.15) is 77.0 Å². The summed E-state index contributed by atoms with van der Waals surface area (Å²) in [5.41, 5.74) is 0. The van der Waals surface area contributed by atoms with Gasteiger partial charge in [-0.15, -0.1) is 0 Å². The Morgan fingerprint density at radius 2 is 0.467 bits per heavy atom. The standard InChI is InChI=1S/C40H64N8O12/c49-25(37(53)54)13-1-5-17-21(9-13)33-41-29(17)45-34-22-10-14(26(50)38(55)56)2-6-18(22)31(42-34)47-36-24-12-16(28(52)40(59)60)4-8-20(24)32(44-36)48-35-23-11-15(27(51)39(57)58)3-7-19(23)30(43-35)46-33/h13-36,41-52H,1-12H2,(H,53,54)(H,55,56)(H,57,58)(H,59,60). The highest BCUT2D eigenvalue weighted by atomic mass is 16.4. The summed E-state index contributed by atoms with van der Waals surface area (Å²) in [5.74, 6) is -6.72. The molecule has 9 fully saturated rings. The normalized spacial score (nSPS) is 49.3. The Labute approximate surface area is 347 Å². The monoisotopic (exact) mass is 848 g/mol. The first-order valence-corrected chi connectivity index (χ1v) is 22.4. The molecule has 0 spiro atoms. The van der Waals surface area contributed by atoms with E-state index in [2.05, 4.69) is 42.5 Å². The third kappa shape index (κ3) is 7.75. The summed E-state index contributed by atoms with van der Waals surface area (Å²) in [5, 5.41) is 113. The molecule has 60 heavy (non-hydrogen) atoms. The molecule has 5 aliphatic heterocycles. The lowest BCUT2D eigenvalue weighted by Crippen LogP contribution is -2.61. The minimum atomic E-state index is -1.49. The van der Waals surface area contributed by atoms with Crippen molar-refractivity contribution in [3.8, 4) is 0 Å². The maximum Gasteiger partial charge on any atom is 0.332 e. The number of hydrogen-bond acceptors (Lipinski definition) is 16. The molecule has 0 aromatic carbocycles. The minimum absolute atomic E-state index is 0.0533. The molecule has 20 heteroatoms. The van der Waals surface area contributed by atoms with Gasteiger partial charge in [-0.1, -0.05) is 0 Å². The van der Waals surface area contributed by atoms with Gasteiger partial charge < -0.3 is 40.9 Å². The molecule has 16 atom stereocenters. The molecule has 20 nitrogen and oxygen atoms in total. The first-order valence-electron chi connectivity index (χ1n) is 22.4. The SMILES string of the molecule is O=C(O)C(O)C1CCC2C3NC(NC4NC(NC5NC(NC6NC(N3)C3CC(C(O)C(=O)O)CCC63)C3CC(C(O)C(=O)O)CCC53)C3CC(C(O)C(=O)O)CCC43)C2C1. The van der Waals surface area contributed by atoms with E-state index in [0.29, 0.717) is 77.0 Å². The molecular weight excluding hydrogens is 784 g/mol. The number of nitrogens with one attached hydrogen (secondary N) is 8. The van der Waals surface area contributed by atoms with Crippen molar-refractivity contribution in [2.45, 2.75) is 151 Å². The lowest BCUT2D eigenvalue weighted by Gasteiger charge is -2.40. The predicted molar refractivity (Wildman–Crippen MR) is 207 cm³/mol. The van der Waals surface area contributed by atoms with Crippen LogP contribution in [-0.4, -0.2) is 138 Å². The van der Waals surface area contributed by atoms with Crippen molar-refractivity contribution < 1.29 is 60.0 Å². The Balaban J connectivity index is 1.06. The highest BCUT2D eigenvalue weighted by Crippen LogP contribution is 2.49. The number of rotatable bonds is 8. The van der Waals surface area contributed by atoms with Crippen molar-refractivity contribution in [1.82, 2.24) is 42.5 Å². The van der Waals surface area contributed by atoms with Gasteiger partial charge in [0.25, 0.3) is 0 Å².